The van der Waals surface area contributed by atoms with Gasteiger partial charge in [0.2, 0.25) is 0 Å². The van der Waals surface area contributed by atoms with E-state index >= 15 is 0 Å². The Morgan fingerprint density at radius 3 is 3.00 bits per heavy atom. The maximum atomic E-state index is 10.1. The number of hydrogen-bond donors (Lipinski definition) is 0. The normalized spacial score (nSPS) is 17.2. The van der Waals surface area contributed by atoms with Crippen molar-refractivity contribution in [2.24, 2.45) is 0 Å². The lowest BCUT2D eigenvalue weighted by Gasteiger charge is -1.96. The van der Waals surface area contributed by atoms with E-state index in [9.17, 15) is 4.79 Å². The number of ether oxygens (including phenoxy) is 1. The lowest BCUT2D eigenvalue weighted by atomic mass is 10.4. The number of allylic oxidation sites excluding steroid dienone is 2. The summed E-state index contributed by atoms with van der Waals surface area (Å²) in [5, 5.41) is 0. The van der Waals surface area contributed by atoms with Crippen molar-refractivity contribution in [1.82, 2.24) is 0 Å². The highest BCUT2D eigenvalue weighted by Crippen LogP contribution is 2.18. The number of rotatable bonds is 1. The van der Waals surface area contributed by atoms with Crippen molar-refractivity contribution in [2.75, 3.05) is 0 Å². The van der Waals surface area contributed by atoms with E-state index in [1.807, 2.05) is 6.08 Å². The van der Waals surface area contributed by atoms with E-state index in [1.54, 1.807) is 0 Å². The van der Waals surface area contributed by atoms with Gasteiger partial charge in [-0.1, -0.05) is 0 Å². The van der Waals surface area contributed by atoms with E-state index in [-0.39, 0.29) is 0 Å². The van der Waals surface area contributed by atoms with Crippen molar-refractivity contribution in [3.63, 3.8) is 0 Å². The molecule has 0 aliphatic heterocycles. The monoisotopic (exact) mass is 146 g/mol. The smallest absolute Gasteiger partial charge is 0.408 e. The van der Waals surface area contributed by atoms with Crippen molar-refractivity contribution < 1.29 is 9.53 Å². The highest BCUT2D eigenvalue weighted by Gasteiger charge is 2.07. The Morgan fingerprint density at radius 2 is 2.56 bits per heavy atom. The number of carbonyl (C=O) groups excluding carboxylic acids is 1. The molecule has 0 atom stereocenters. The molecular formula is C6H7ClO2. The predicted molar refractivity (Wildman–Crippen MR) is 34.3 cm³/mol. The van der Waals surface area contributed by atoms with Crippen molar-refractivity contribution in [1.29, 1.82) is 0 Å². The summed E-state index contributed by atoms with van der Waals surface area (Å²) >= 11 is 4.96. The maximum absolute atomic E-state index is 10.1. The quantitative estimate of drug-likeness (QED) is 0.531. The second kappa shape index (κ2) is 2.87. The van der Waals surface area contributed by atoms with Crippen LogP contribution < -0.4 is 0 Å². The fraction of sp³-hybridized carbons (Fsp3) is 0.500. The zero-order valence-corrected chi connectivity index (χ0v) is 5.65. The first-order valence-electron chi connectivity index (χ1n) is 2.85. The van der Waals surface area contributed by atoms with Crippen LogP contribution in [-0.2, 0) is 4.74 Å². The average Bonchev–Trinajstić information content (AvgIpc) is 2.15. The summed E-state index contributed by atoms with van der Waals surface area (Å²) in [5.41, 5.74) is -0.733. The molecule has 0 radical (unpaired) electrons. The molecule has 0 aromatic heterocycles. The zero-order valence-electron chi connectivity index (χ0n) is 4.89. The topological polar surface area (TPSA) is 26.3 Å². The summed E-state index contributed by atoms with van der Waals surface area (Å²) < 4.78 is 4.60. The van der Waals surface area contributed by atoms with Gasteiger partial charge in [-0.3, -0.25) is 0 Å². The molecule has 0 saturated carbocycles. The molecule has 0 heterocycles. The summed E-state index contributed by atoms with van der Waals surface area (Å²) in [6.07, 6.45) is 4.80. The molecule has 0 spiro atoms. The summed E-state index contributed by atoms with van der Waals surface area (Å²) in [6.45, 7) is 0. The zero-order chi connectivity index (χ0) is 6.69. The number of hydrogen-bond acceptors (Lipinski definition) is 2. The van der Waals surface area contributed by atoms with Crippen LogP contribution in [0.15, 0.2) is 11.8 Å². The third-order valence-corrected chi connectivity index (χ3v) is 1.29. The first kappa shape index (κ1) is 6.62. The standard InChI is InChI=1S/C6H7ClO2/c7-6(8)9-5-3-1-2-4-5/h3H,1-2,4H2. The molecule has 0 unspecified atom stereocenters. The molecule has 0 saturated heterocycles. The van der Waals surface area contributed by atoms with Crippen LogP contribution in [0.3, 0.4) is 0 Å². The van der Waals surface area contributed by atoms with Crippen molar-refractivity contribution in [3.05, 3.63) is 11.8 Å². The number of carbonyl (C=O) groups is 1. The first-order chi connectivity index (χ1) is 4.29. The van der Waals surface area contributed by atoms with Gasteiger partial charge in [0.05, 0.1) is 0 Å². The Kier molecular flexibility index (Phi) is 2.11. The lowest BCUT2D eigenvalue weighted by Crippen LogP contribution is -1.90. The van der Waals surface area contributed by atoms with Crippen LogP contribution in [0.2, 0.25) is 0 Å². The molecular weight excluding hydrogens is 140 g/mol. The predicted octanol–water partition coefficient (Wildman–Crippen LogP) is 2.43. The summed E-state index contributed by atoms with van der Waals surface area (Å²) in [5.74, 6) is 0.718. The van der Waals surface area contributed by atoms with E-state index < -0.39 is 5.43 Å². The van der Waals surface area contributed by atoms with Gasteiger partial charge in [-0.2, -0.15) is 0 Å². The Morgan fingerprint density at radius 1 is 1.78 bits per heavy atom. The Hall–Kier alpha value is -0.500. The van der Waals surface area contributed by atoms with Gasteiger partial charge in [0, 0.05) is 18.0 Å². The molecule has 0 aromatic rings. The van der Waals surface area contributed by atoms with Gasteiger partial charge in [-0.15, -0.1) is 0 Å². The highest BCUT2D eigenvalue weighted by molar-refractivity contribution is 6.61. The van der Waals surface area contributed by atoms with Crippen LogP contribution in [0.1, 0.15) is 19.3 Å². The van der Waals surface area contributed by atoms with Crippen molar-refractivity contribution in [3.8, 4) is 0 Å². The fourth-order valence-electron chi connectivity index (χ4n) is 0.837. The maximum Gasteiger partial charge on any atom is 0.408 e. The van der Waals surface area contributed by atoms with Gasteiger partial charge in [0.15, 0.2) is 0 Å². The van der Waals surface area contributed by atoms with Crippen LogP contribution in [0, 0.1) is 0 Å². The molecule has 0 bridgehead atoms. The molecule has 0 fully saturated rings. The minimum absolute atomic E-state index is 0.718. The van der Waals surface area contributed by atoms with Crippen molar-refractivity contribution in [2.45, 2.75) is 19.3 Å². The second-order valence-corrected chi connectivity index (χ2v) is 2.21. The summed E-state index contributed by atoms with van der Waals surface area (Å²) in [4.78, 5) is 10.1. The lowest BCUT2D eigenvalue weighted by molar-refractivity contribution is 0.201. The summed E-state index contributed by atoms with van der Waals surface area (Å²) in [6, 6.07) is 0. The number of halogens is 1. The Labute approximate surface area is 58.4 Å². The van der Waals surface area contributed by atoms with Gasteiger partial charge in [0.25, 0.3) is 0 Å². The van der Waals surface area contributed by atoms with Crippen LogP contribution in [0.4, 0.5) is 4.79 Å². The van der Waals surface area contributed by atoms with E-state index in [1.165, 1.54) is 0 Å². The Bertz CT molecular complexity index is 151. The van der Waals surface area contributed by atoms with E-state index in [4.69, 9.17) is 11.6 Å². The third kappa shape index (κ3) is 2.06. The highest BCUT2D eigenvalue weighted by atomic mass is 35.5. The molecule has 9 heavy (non-hydrogen) atoms. The minimum Gasteiger partial charge on any atom is -0.419 e. The summed E-state index contributed by atoms with van der Waals surface area (Å²) in [7, 11) is 0. The van der Waals surface area contributed by atoms with Crippen LogP contribution in [-0.4, -0.2) is 5.43 Å². The Balaban J connectivity index is 2.35. The average molecular weight is 147 g/mol. The van der Waals surface area contributed by atoms with E-state index in [0.29, 0.717) is 0 Å². The van der Waals surface area contributed by atoms with Gasteiger partial charge in [0.1, 0.15) is 5.76 Å². The molecule has 1 aliphatic carbocycles. The largest absolute Gasteiger partial charge is 0.419 e. The van der Waals surface area contributed by atoms with Crippen LogP contribution in [0.5, 0.6) is 0 Å². The molecule has 1 aliphatic rings. The molecule has 50 valence electrons. The molecule has 3 heteroatoms. The molecule has 0 N–H and O–H groups in total. The fourth-order valence-corrected chi connectivity index (χ4v) is 0.936. The van der Waals surface area contributed by atoms with Gasteiger partial charge >= 0.3 is 5.43 Å². The van der Waals surface area contributed by atoms with Crippen molar-refractivity contribution >= 4 is 17.0 Å². The van der Waals surface area contributed by atoms with Crippen LogP contribution >= 0.6 is 11.6 Å². The molecule has 0 amide bonds. The third-order valence-electron chi connectivity index (χ3n) is 1.21. The van der Waals surface area contributed by atoms with E-state index in [2.05, 4.69) is 4.74 Å². The second-order valence-electron chi connectivity index (χ2n) is 1.90. The molecule has 1 rings (SSSR count). The molecule has 2 nitrogen and oxygen atoms in total. The van der Waals surface area contributed by atoms with Crippen LogP contribution in [0.25, 0.3) is 0 Å². The first-order valence-corrected chi connectivity index (χ1v) is 3.23. The van der Waals surface area contributed by atoms with Gasteiger partial charge < -0.3 is 4.74 Å². The van der Waals surface area contributed by atoms with Gasteiger partial charge in [-0.05, 0) is 18.9 Å². The van der Waals surface area contributed by atoms with Gasteiger partial charge in [-0.25, -0.2) is 4.79 Å². The molecule has 0 aromatic carbocycles. The van der Waals surface area contributed by atoms with E-state index in [0.717, 1.165) is 25.0 Å². The SMILES string of the molecule is O=C(Cl)OC1=CCCC1. The minimum atomic E-state index is -0.733.